The summed E-state index contributed by atoms with van der Waals surface area (Å²) in [5.74, 6) is -0.167. The topological polar surface area (TPSA) is 49.3 Å². The third kappa shape index (κ3) is 4.44. The number of hydrogen-bond acceptors (Lipinski definition) is 2. The molecule has 0 aliphatic carbocycles. The van der Waals surface area contributed by atoms with Crippen molar-refractivity contribution in [3.8, 4) is 16.9 Å². The smallest absolute Gasteiger partial charge is 0.252 e. The molecular formula is C22H20ClNO2. The van der Waals surface area contributed by atoms with E-state index in [2.05, 4.69) is 17.4 Å². The monoisotopic (exact) mass is 365 g/mol. The van der Waals surface area contributed by atoms with Gasteiger partial charge in [-0.25, -0.2) is 0 Å². The fourth-order valence-electron chi connectivity index (χ4n) is 2.87. The highest BCUT2D eigenvalue weighted by molar-refractivity contribution is 6.33. The molecule has 1 amide bonds. The summed E-state index contributed by atoms with van der Waals surface area (Å²) in [5, 5.41) is 13.3. The van der Waals surface area contributed by atoms with Gasteiger partial charge in [0.2, 0.25) is 0 Å². The molecule has 0 heterocycles. The van der Waals surface area contributed by atoms with Gasteiger partial charge in [-0.15, -0.1) is 0 Å². The van der Waals surface area contributed by atoms with E-state index in [1.807, 2.05) is 36.4 Å². The molecule has 0 spiro atoms. The third-order valence-corrected chi connectivity index (χ3v) is 4.51. The quantitative estimate of drug-likeness (QED) is 0.599. The number of amides is 1. The molecule has 3 aromatic carbocycles. The Morgan fingerprint density at radius 2 is 1.65 bits per heavy atom. The summed E-state index contributed by atoms with van der Waals surface area (Å²) in [5.41, 5.74) is 3.13. The maximum absolute atomic E-state index is 12.6. The highest BCUT2D eigenvalue weighted by Crippen LogP contribution is 2.32. The van der Waals surface area contributed by atoms with Crippen molar-refractivity contribution in [2.75, 3.05) is 6.54 Å². The first-order valence-corrected chi connectivity index (χ1v) is 8.93. The zero-order valence-corrected chi connectivity index (χ0v) is 15.0. The number of halogens is 1. The van der Waals surface area contributed by atoms with Gasteiger partial charge in [-0.05, 0) is 48.2 Å². The Kier molecular flexibility index (Phi) is 5.92. The van der Waals surface area contributed by atoms with Crippen molar-refractivity contribution in [2.45, 2.75) is 12.8 Å². The predicted octanol–water partition coefficient (Wildman–Crippen LogP) is 5.08. The number of hydrogen-bond donors (Lipinski definition) is 2. The van der Waals surface area contributed by atoms with E-state index in [1.165, 1.54) is 11.6 Å². The van der Waals surface area contributed by atoms with Crippen molar-refractivity contribution in [3.05, 3.63) is 88.9 Å². The molecule has 3 rings (SSSR count). The molecule has 3 nitrogen and oxygen atoms in total. The molecule has 0 aliphatic heterocycles. The van der Waals surface area contributed by atoms with Crippen LogP contribution in [0.3, 0.4) is 0 Å². The van der Waals surface area contributed by atoms with Gasteiger partial charge in [-0.2, -0.15) is 0 Å². The van der Waals surface area contributed by atoms with Crippen molar-refractivity contribution in [2.24, 2.45) is 0 Å². The van der Waals surface area contributed by atoms with Crippen LogP contribution in [0.25, 0.3) is 11.1 Å². The zero-order chi connectivity index (χ0) is 18.4. The van der Waals surface area contributed by atoms with Gasteiger partial charge in [0, 0.05) is 17.1 Å². The van der Waals surface area contributed by atoms with Crippen LogP contribution in [0, 0.1) is 0 Å². The van der Waals surface area contributed by atoms with Crippen LogP contribution in [-0.2, 0) is 6.42 Å². The molecule has 4 heteroatoms. The Morgan fingerprint density at radius 1 is 0.923 bits per heavy atom. The summed E-state index contributed by atoms with van der Waals surface area (Å²) in [4.78, 5) is 12.6. The fourth-order valence-corrected chi connectivity index (χ4v) is 3.11. The minimum Gasteiger partial charge on any atom is -0.508 e. The van der Waals surface area contributed by atoms with Crippen molar-refractivity contribution >= 4 is 17.5 Å². The van der Waals surface area contributed by atoms with Gasteiger partial charge in [0.15, 0.2) is 0 Å². The van der Waals surface area contributed by atoms with E-state index in [1.54, 1.807) is 18.2 Å². The second-order valence-corrected chi connectivity index (χ2v) is 6.46. The van der Waals surface area contributed by atoms with E-state index in [4.69, 9.17) is 11.6 Å². The van der Waals surface area contributed by atoms with Crippen LogP contribution >= 0.6 is 11.6 Å². The second kappa shape index (κ2) is 8.54. The summed E-state index contributed by atoms with van der Waals surface area (Å²) in [6.45, 7) is 0.561. The van der Waals surface area contributed by atoms with E-state index < -0.39 is 0 Å². The number of carbonyl (C=O) groups is 1. The number of phenolic OH excluding ortho intramolecular Hbond substituents is 1. The summed E-state index contributed by atoms with van der Waals surface area (Å²) < 4.78 is 0. The van der Waals surface area contributed by atoms with E-state index in [0.29, 0.717) is 22.7 Å². The average molecular weight is 366 g/mol. The number of aryl methyl sites for hydroxylation is 1. The number of phenols is 1. The molecular weight excluding hydrogens is 346 g/mol. The zero-order valence-electron chi connectivity index (χ0n) is 14.3. The number of benzene rings is 3. The maximum Gasteiger partial charge on any atom is 0.252 e. The van der Waals surface area contributed by atoms with Crippen LogP contribution in [-0.4, -0.2) is 17.6 Å². The summed E-state index contributed by atoms with van der Waals surface area (Å²) in [7, 11) is 0. The first-order chi connectivity index (χ1) is 12.6. The summed E-state index contributed by atoms with van der Waals surface area (Å²) in [6.07, 6.45) is 1.74. The minimum absolute atomic E-state index is 0.0511. The Labute approximate surface area is 158 Å². The summed E-state index contributed by atoms with van der Waals surface area (Å²) >= 11 is 6.28. The Hall–Kier alpha value is -2.78. The Bertz CT molecular complexity index is 894. The molecule has 0 aromatic heterocycles. The molecule has 0 saturated heterocycles. The van der Waals surface area contributed by atoms with Gasteiger partial charge in [-0.1, -0.05) is 60.1 Å². The largest absolute Gasteiger partial charge is 0.508 e. The van der Waals surface area contributed by atoms with E-state index >= 15 is 0 Å². The predicted molar refractivity (Wildman–Crippen MR) is 106 cm³/mol. The lowest BCUT2D eigenvalue weighted by molar-refractivity contribution is 0.0953. The average Bonchev–Trinajstić information content (AvgIpc) is 2.66. The Morgan fingerprint density at radius 3 is 2.42 bits per heavy atom. The number of aromatic hydroxyl groups is 1. The lowest BCUT2D eigenvalue weighted by atomic mass is 9.98. The van der Waals surface area contributed by atoms with Crippen molar-refractivity contribution in [1.29, 1.82) is 0 Å². The molecule has 0 saturated carbocycles. The SMILES string of the molecule is O=C(NCCCc1ccccc1)c1cc(O)ccc1-c1ccccc1Cl. The fraction of sp³-hybridized carbons (Fsp3) is 0.136. The van der Waals surface area contributed by atoms with Gasteiger partial charge < -0.3 is 10.4 Å². The van der Waals surface area contributed by atoms with Crippen molar-refractivity contribution < 1.29 is 9.90 Å². The van der Waals surface area contributed by atoms with Gasteiger partial charge >= 0.3 is 0 Å². The van der Waals surface area contributed by atoms with Gasteiger partial charge in [0.1, 0.15) is 5.75 Å². The third-order valence-electron chi connectivity index (χ3n) is 4.18. The van der Waals surface area contributed by atoms with Crippen molar-refractivity contribution in [3.63, 3.8) is 0 Å². The second-order valence-electron chi connectivity index (χ2n) is 6.05. The van der Waals surface area contributed by atoms with Crippen LogP contribution in [0.2, 0.25) is 5.02 Å². The van der Waals surface area contributed by atoms with Crippen LogP contribution in [0.15, 0.2) is 72.8 Å². The maximum atomic E-state index is 12.6. The lowest BCUT2D eigenvalue weighted by Gasteiger charge is -2.12. The van der Waals surface area contributed by atoms with Gasteiger partial charge in [0.05, 0.1) is 5.56 Å². The van der Waals surface area contributed by atoms with E-state index in [0.717, 1.165) is 18.4 Å². The molecule has 26 heavy (non-hydrogen) atoms. The Balaban J connectivity index is 1.71. The van der Waals surface area contributed by atoms with Crippen LogP contribution in [0.5, 0.6) is 5.75 Å². The highest BCUT2D eigenvalue weighted by atomic mass is 35.5. The molecule has 0 bridgehead atoms. The normalized spacial score (nSPS) is 10.5. The molecule has 0 unspecified atom stereocenters. The lowest BCUT2D eigenvalue weighted by Crippen LogP contribution is -2.25. The van der Waals surface area contributed by atoms with Crippen molar-refractivity contribution in [1.82, 2.24) is 5.32 Å². The first kappa shape index (κ1) is 18.0. The molecule has 132 valence electrons. The summed E-state index contributed by atoms with van der Waals surface area (Å²) in [6, 6.07) is 22.3. The molecule has 3 aromatic rings. The molecule has 0 fully saturated rings. The number of carbonyl (C=O) groups excluding carboxylic acids is 1. The number of rotatable bonds is 6. The molecule has 2 N–H and O–H groups in total. The van der Waals surface area contributed by atoms with E-state index in [9.17, 15) is 9.90 Å². The van der Waals surface area contributed by atoms with E-state index in [-0.39, 0.29) is 11.7 Å². The highest BCUT2D eigenvalue weighted by Gasteiger charge is 2.15. The molecule has 0 radical (unpaired) electrons. The molecule has 0 atom stereocenters. The van der Waals surface area contributed by atoms with Crippen LogP contribution in [0.1, 0.15) is 22.3 Å². The number of nitrogens with one attached hydrogen (secondary N) is 1. The molecule has 0 aliphatic rings. The minimum atomic E-state index is -0.219. The first-order valence-electron chi connectivity index (χ1n) is 8.55. The van der Waals surface area contributed by atoms with Crippen LogP contribution < -0.4 is 5.32 Å². The van der Waals surface area contributed by atoms with Gasteiger partial charge in [-0.3, -0.25) is 4.79 Å². The van der Waals surface area contributed by atoms with Crippen LogP contribution in [0.4, 0.5) is 0 Å². The standard InChI is InChI=1S/C22H20ClNO2/c23-21-11-5-4-10-19(21)18-13-12-17(25)15-20(18)22(26)24-14-6-9-16-7-2-1-3-8-16/h1-5,7-8,10-13,15,25H,6,9,14H2,(H,24,26). The van der Waals surface area contributed by atoms with Gasteiger partial charge in [0.25, 0.3) is 5.91 Å².